The molecule has 0 bridgehead atoms. The molecule has 4 nitrogen and oxygen atoms in total. The van der Waals surface area contributed by atoms with Crippen LogP contribution >= 0.6 is 23.2 Å². The first-order chi connectivity index (χ1) is 9.58. The number of benzene rings is 1. The molecule has 1 aliphatic rings. The summed E-state index contributed by atoms with van der Waals surface area (Å²) in [6.07, 6.45) is 2.28. The van der Waals surface area contributed by atoms with Gasteiger partial charge in [-0.25, -0.2) is 0 Å². The van der Waals surface area contributed by atoms with E-state index >= 15 is 0 Å². The molecule has 1 unspecified atom stereocenters. The molecule has 1 heterocycles. The number of halogens is 2. The Bertz CT molecular complexity index is 481. The molecule has 1 saturated heterocycles. The molecule has 0 aromatic heterocycles. The van der Waals surface area contributed by atoms with Crippen LogP contribution in [-0.4, -0.2) is 43.5 Å². The number of hydrogen-bond donors (Lipinski definition) is 2. The highest BCUT2D eigenvalue weighted by molar-refractivity contribution is 6.42. The zero-order valence-corrected chi connectivity index (χ0v) is 13.0. The number of nitrogens with one attached hydrogen (secondary N) is 2. The maximum absolute atomic E-state index is 12.0. The summed E-state index contributed by atoms with van der Waals surface area (Å²) >= 11 is 11.8. The van der Waals surface area contributed by atoms with E-state index < -0.39 is 0 Å². The third-order valence-electron chi connectivity index (χ3n) is 3.48. The van der Waals surface area contributed by atoms with Gasteiger partial charge >= 0.3 is 0 Å². The van der Waals surface area contributed by atoms with Crippen molar-refractivity contribution in [2.75, 3.05) is 32.0 Å². The van der Waals surface area contributed by atoms with E-state index in [4.69, 9.17) is 23.2 Å². The van der Waals surface area contributed by atoms with Gasteiger partial charge in [0.15, 0.2) is 0 Å². The summed E-state index contributed by atoms with van der Waals surface area (Å²) in [6, 6.07) is 5.56. The van der Waals surface area contributed by atoms with Crippen LogP contribution in [0.1, 0.15) is 12.8 Å². The molecular formula is C14H19Cl2N3O. The van der Waals surface area contributed by atoms with Gasteiger partial charge in [0.25, 0.3) is 0 Å². The van der Waals surface area contributed by atoms with Crippen LogP contribution in [0.2, 0.25) is 10.0 Å². The summed E-state index contributed by atoms with van der Waals surface area (Å²) in [7, 11) is 1.96. The van der Waals surface area contributed by atoms with Gasteiger partial charge in [-0.05, 0) is 44.6 Å². The molecule has 2 N–H and O–H groups in total. The van der Waals surface area contributed by atoms with Crippen LogP contribution in [0.15, 0.2) is 18.2 Å². The highest BCUT2D eigenvalue weighted by Crippen LogP contribution is 2.25. The molecule has 110 valence electrons. The predicted molar refractivity (Wildman–Crippen MR) is 83.6 cm³/mol. The summed E-state index contributed by atoms with van der Waals surface area (Å²) in [5, 5.41) is 7.04. The van der Waals surface area contributed by atoms with Crippen LogP contribution in [0.25, 0.3) is 0 Å². The summed E-state index contributed by atoms with van der Waals surface area (Å²) < 4.78 is 0. The van der Waals surface area contributed by atoms with Crippen LogP contribution in [0.3, 0.4) is 0 Å². The summed E-state index contributed by atoms with van der Waals surface area (Å²) in [5.74, 6) is -0.0276. The topological polar surface area (TPSA) is 44.4 Å². The number of carbonyl (C=O) groups is 1. The van der Waals surface area contributed by atoms with Crippen molar-refractivity contribution in [3.05, 3.63) is 28.2 Å². The standard InChI is InChI=1S/C14H19Cl2N3O/c1-17-11-3-2-6-19(8-11)9-14(20)18-10-4-5-12(15)13(16)7-10/h4-5,7,11,17H,2-3,6,8-9H2,1H3,(H,18,20). The number of likely N-dealkylation sites (N-methyl/N-ethyl adjacent to an activating group) is 1. The molecule has 1 aromatic carbocycles. The Morgan fingerprint density at radius 3 is 2.90 bits per heavy atom. The Morgan fingerprint density at radius 1 is 1.40 bits per heavy atom. The van der Waals surface area contributed by atoms with E-state index in [-0.39, 0.29) is 5.91 Å². The smallest absolute Gasteiger partial charge is 0.238 e. The minimum atomic E-state index is -0.0276. The van der Waals surface area contributed by atoms with E-state index in [1.54, 1.807) is 18.2 Å². The van der Waals surface area contributed by atoms with Gasteiger partial charge in [-0.3, -0.25) is 9.69 Å². The first kappa shape index (κ1) is 15.6. The lowest BCUT2D eigenvalue weighted by Gasteiger charge is -2.31. The molecule has 0 aliphatic carbocycles. The Kier molecular flexibility index (Phi) is 5.66. The maximum atomic E-state index is 12.0. The lowest BCUT2D eigenvalue weighted by molar-refractivity contribution is -0.117. The molecule has 1 amide bonds. The molecule has 1 aliphatic heterocycles. The maximum Gasteiger partial charge on any atom is 0.238 e. The van der Waals surface area contributed by atoms with Crippen molar-refractivity contribution in [2.45, 2.75) is 18.9 Å². The number of anilines is 1. The van der Waals surface area contributed by atoms with Gasteiger partial charge in [-0.1, -0.05) is 23.2 Å². The van der Waals surface area contributed by atoms with Gasteiger partial charge < -0.3 is 10.6 Å². The quantitative estimate of drug-likeness (QED) is 0.897. The lowest BCUT2D eigenvalue weighted by Crippen LogP contribution is -2.46. The van der Waals surface area contributed by atoms with E-state index in [1.165, 1.54) is 6.42 Å². The number of likely N-dealkylation sites (tertiary alicyclic amines) is 1. The Morgan fingerprint density at radius 2 is 2.20 bits per heavy atom. The molecule has 0 spiro atoms. The predicted octanol–water partition coefficient (Wildman–Crippen LogP) is 2.62. The van der Waals surface area contributed by atoms with Crippen LogP contribution in [0, 0.1) is 0 Å². The zero-order valence-electron chi connectivity index (χ0n) is 11.5. The lowest BCUT2D eigenvalue weighted by atomic mass is 10.1. The van der Waals surface area contributed by atoms with Gasteiger partial charge in [-0.2, -0.15) is 0 Å². The highest BCUT2D eigenvalue weighted by atomic mass is 35.5. The van der Waals surface area contributed by atoms with Crippen molar-refractivity contribution in [3.63, 3.8) is 0 Å². The molecule has 6 heteroatoms. The van der Waals surface area contributed by atoms with Crippen LogP contribution in [-0.2, 0) is 4.79 Å². The number of rotatable bonds is 4. The normalized spacial score (nSPS) is 19.9. The number of carbonyl (C=O) groups excluding carboxylic acids is 1. The third kappa shape index (κ3) is 4.35. The van der Waals surface area contributed by atoms with Crippen LogP contribution in [0.5, 0.6) is 0 Å². The highest BCUT2D eigenvalue weighted by Gasteiger charge is 2.20. The molecule has 1 aromatic rings. The molecule has 1 atom stereocenters. The van der Waals surface area contributed by atoms with Crippen molar-refractivity contribution in [2.24, 2.45) is 0 Å². The van der Waals surface area contributed by atoms with E-state index in [0.29, 0.717) is 28.3 Å². The average Bonchev–Trinajstić information content (AvgIpc) is 2.43. The average molecular weight is 316 g/mol. The van der Waals surface area contributed by atoms with Gasteiger partial charge in [0, 0.05) is 18.3 Å². The monoisotopic (exact) mass is 315 g/mol. The first-order valence-corrected chi connectivity index (χ1v) is 7.48. The zero-order chi connectivity index (χ0) is 14.5. The fourth-order valence-electron chi connectivity index (χ4n) is 2.41. The van der Waals surface area contributed by atoms with Gasteiger partial charge in [0.05, 0.1) is 16.6 Å². The van der Waals surface area contributed by atoms with Gasteiger partial charge in [-0.15, -0.1) is 0 Å². The van der Waals surface area contributed by atoms with E-state index in [1.807, 2.05) is 7.05 Å². The van der Waals surface area contributed by atoms with Crippen molar-refractivity contribution < 1.29 is 4.79 Å². The second-order valence-corrected chi connectivity index (χ2v) is 5.85. The van der Waals surface area contributed by atoms with Crippen molar-refractivity contribution in [1.29, 1.82) is 0 Å². The Balaban J connectivity index is 1.87. The van der Waals surface area contributed by atoms with Crippen LogP contribution < -0.4 is 10.6 Å². The SMILES string of the molecule is CNC1CCCN(CC(=O)Nc2ccc(Cl)c(Cl)c2)C1. The summed E-state index contributed by atoms with van der Waals surface area (Å²) in [4.78, 5) is 14.2. The van der Waals surface area contributed by atoms with Crippen molar-refractivity contribution >= 4 is 34.8 Å². The van der Waals surface area contributed by atoms with E-state index in [2.05, 4.69) is 15.5 Å². The van der Waals surface area contributed by atoms with Gasteiger partial charge in [0.2, 0.25) is 5.91 Å². The molecule has 0 saturated carbocycles. The minimum absolute atomic E-state index is 0.0276. The fourth-order valence-corrected chi connectivity index (χ4v) is 2.71. The minimum Gasteiger partial charge on any atom is -0.325 e. The summed E-state index contributed by atoms with van der Waals surface area (Å²) in [5.41, 5.74) is 0.673. The van der Waals surface area contributed by atoms with Crippen molar-refractivity contribution in [1.82, 2.24) is 10.2 Å². The fraction of sp³-hybridized carbons (Fsp3) is 0.500. The van der Waals surface area contributed by atoms with Gasteiger partial charge in [0.1, 0.15) is 0 Å². The summed E-state index contributed by atoms with van der Waals surface area (Å²) in [6.45, 7) is 2.27. The molecule has 20 heavy (non-hydrogen) atoms. The molecule has 2 rings (SSSR count). The Labute approximate surface area is 129 Å². The molecular weight excluding hydrogens is 297 g/mol. The second kappa shape index (κ2) is 7.27. The Hall–Kier alpha value is -0.810. The number of piperidine rings is 1. The first-order valence-electron chi connectivity index (χ1n) is 6.73. The number of amides is 1. The van der Waals surface area contributed by atoms with Crippen molar-refractivity contribution in [3.8, 4) is 0 Å². The van der Waals surface area contributed by atoms with E-state index in [0.717, 1.165) is 19.5 Å². The second-order valence-electron chi connectivity index (χ2n) is 5.04. The van der Waals surface area contributed by atoms with Crippen LogP contribution in [0.4, 0.5) is 5.69 Å². The number of nitrogens with zero attached hydrogens (tertiary/aromatic N) is 1. The number of hydrogen-bond acceptors (Lipinski definition) is 3. The third-order valence-corrected chi connectivity index (χ3v) is 4.22. The molecule has 0 radical (unpaired) electrons. The largest absolute Gasteiger partial charge is 0.325 e. The van der Waals surface area contributed by atoms with E-state index in [9.17, 15) is 4.79 Å². The molecule has 1 fully saturated rings.